The average molecular weight is 404 g/mol. The van der Waals surface area contributed by atoms with E-state index in [0.29, 0.717) is 48.0 Å². The first-order valence-corrected chi connectivity index (χ1v) is 10.5. The summed E-state index contributed by atoms with van der Waals surface area (Å²) in [5.74, 6) is 1.80. The van der Waals surface area contributed by atoms with Crippen molar-refractivity contribution in [2.24, 2.45) is 0 Å². The lowest BCUT2D eigenvalue weighted by Gasteiger charge is -2.17. The Bertz CT molecular complexity index is 992. The van der Waals surface area contributed by atoms with Gasteiger partial charge in [-0.15, -0.1) is 0 Å². The van der Waals surface area contributed by atoms with Gasteiger partial charge >= 0.3 is 0 Å². The summed E-state index contributed by atoms with van der Waals surface area (Å²) >= 11 is 0. The second kappa shape index (κ2) is 7.59. The SMILES string of the molecule is O=C(NCCOc1ccc2c(c1)OCO2)c1cccc(N2CCCS2(=O)=O)c1. The third kappa shape index (κ3) is 3.84. The van der Waals surface area contributed by atoms with Crippen LogP contribution in [-0.2, 0) is 10.0 Å². The van der Waals surface area contributed by atoms with Gasteiger partial charge in [0.15, 0.2) is 11.5 Å². The van der Waals surface area contributed by atoms with Gasteiger partial charge in [-0.2, -0.15) is 0 Å². The summed E-state index contributed by atoms with van der Waals surface area (Å²) in [4.78, 5) is 12.4. The minimum atomic E-state index is -3.28. The van der Waals surface area contributed by atoms with Crippen LogP contribution in [0.1, 0.15) is 16.8 Å². The van der Waals surface area contributed by atoms with Gasteiger partial charge in [-0.3, -0.25) is 9.10 Å². The van der Waals surface area contributed by atoms with Gasteiger partial charge in [0.1, 0.15) is 12.4 Å². The van der Waals surface area contributed by atoms with Gasteiger partial charge in [-0.05, 0) is 36.8 Å². The monoisotopic (exact) mass is 404 g/mol. The maximum atomic E-state index is 12.4. The Hall–Kier alpha value is -2.94. The number of nitrogens with zero attached hydrogens (tertiary/aromatic N) is 1. The van der Waals surface area contributed by atoms with Crippen LogP contribution in [0.4, 0.5) is 5.69 Å². The van der Waals surface area contributed by atoms with Crippen molar-refractivity contribution in [3.63, 3.8) is 0 Å². The molecule has 0 aromatic heterocycles. The topological polar surface area (TPSA) is 94.2 Å². The second-order valence-electron chi connectivity index (χ2n) is 6.41. The molecule has 148 valence electrons. The van der Waals surface area contributed by atoms with Crippen molar-refractivity contribution in [2.45, 2.75) is 6.42 Å². The molecular weight excluding hydrogens is 384 g/mol. The molecule has 0 saturated carbocycles. The van der Waals surface area contributed by atoms with Crippen LogP contribution in [0.3, 0.4) is 0 Å². The summed E-state index contributed by atoms with van der Waals surface area (Å²) < 4.78 is 41.6. The number of carbonyl (C=O) groups excluding carboxylic acids is 1. The van der Waals surface area contributed by atoms with Crippen LogP contribution in [0, 0.1) is 0 Å². The molecule has 4 rings (SSSR count). The van der Waals surface area contributed by atoms with E-state index in [1.165, 1.54) is 4.31 Å². The molecule has 1 amide bonds. The molecule has 9 heteroatoms. The summed E-state index contributed by atoms with van der Waals surface area (Å²) in [5, 5.41) is 2.77. The number of hydrogen-bond donors (Lipinski definition) is 1. The highest BCUT2D eigenvalue weighted by atomic mass is 32.2. The lowest BCUT2D eigenvalue weighted by atomic mass is 10.2. The zero-order valence-corrected chi connectivity index (χ0v) is 15.9. The van der Waals surface area contributed by atoms with E-state index < -0.39 is 10.0 Å². The molecule has 28 heavy (non-hydrogen) atoms. The van der Waals surface area contributed by atoms with Crippen LogP contribution >= 0.6 is 0 Å². The third-order valence-electron chi connectivity index (χ3n) is 4.50. The average Bonchev–Trinajstić information content (AvgIpc) is 3.30. The number of amides is 1. The number of benzene rings is 2. The van der Waals surface area contributed by atoms with Crippen molar-refractivity contribution < 1.29 is 27.4 Å². The van der Waals surface area contributed by atoms with Gasteiger partial charge in [-0.1, -0.05) is 6.07 Å². The van der Waals surface area contributed by atoms with E-state index in [1.807, 2.05) is 0 Å². The van der Waals surface area contributed by atoms with Gasteiger partial charge in [0.2, 0.25) is 16.8 Å². The lowest BCUT2D eigenvalue weighted by molar-refractivity contribution is 0.0947. The maximum absolute atomic E-state index is 12.4. The molecule has 1 saturated heterocycles. The lowest BCUT2D eigenvalue weighted by Crippen LogP contribution is -2.29. The third-order valence-corrected chi connectivity index (χ3v) is 6.37. The molecule has 2 aliphatic heterocycles. The molecular formula is C19H20N2O6S. The molecule has 2 aromatic carbocycles. The normalized spacial score (nSPS) is 16.8. The zero-order valence-electron chi connectivity index (χ0n) is 15.1. The van der Waals surface area contributed by atoms with Crippen molar-refractivity contribution in [3.8, 4) is 17.2 Å². The van der Waals surface area contributed by atoms with Gasteiger partial charge in [-0.25, -0.2) is 8.42 Å². The predicted octanol–water partition coefficient (Wildman–Crippen LogP) is 1.76. The minimum absolute atomic E-state index is 0.140. The van der Waals surface area contributed by atoms with Crippen LogP contribution in [0.15, 0.2) is 42.5 Å². The molecule has 0 aliphatic carbocycles. The van der Waals surface area contributed by atoms with E-state index in [0.717, 1.165) is 0 Å². The van der Waals surface area contributed by atoms with Gasteiger partial charge in [0, 0.05) is 18.2 Å². The molecule has 0 unspecified atom stereocenters. The van der Waals surface area contributed by atoms with Crippen molar-refractivity contribution >= 4 is 21.6 Å². The molecule has 2 heterocycles. The Labute approximate surface area is 163 Å². The van der Waals surface area contributed by atoms with Gasteiger partial charge in [0.05, 0.1) is 18.0 Å². The highest BCUT2D eigenvalue weighted by molar-refractivity contribution is 7.93. The van der Waals surface area contributed by atoms with Crippen molar-refractivity contribution in [2.75, 3.05) is 36.5 Å². The Kier molecular flexibility index (Phi) is 4.99. The molecule has 8 nitrogen and oxygen atoms in total. The minimum Gasteiger partial charge on any atom is -0.492 e. The zero-order chi connectivity index (χ0) is 19.6. The maximum Gasteiger partial charge on any atom is 0.251 e. The Morgan fingerprint density at radius 2 is 2.00 bits per heavy atom. The van der Waals surface area contributed by atoms with Crippen LogP contribution in [-0.4, -0.2) is 46.6 Å². The first-order chi connectivity index (χ1) is 13.5. The number of hydrogen-bond acceptors (Lipinski definition) is 6. The molecule has 1 fully saturated rings. The highest BCUT2D eigenvalue weighted by Gasteiger charge is 2.28. The molecule has 0 radical (unpaired) electrons. The summed E-state index contributed by atoms with van der Waals surface area (Å²) in [6, 6.07) is 11.9. The van der Waals surface area contributed by atoms with E-state index in [9.17, 15) is 13.2 Å². The van der Waals surface area contributed by atoms with Crippen LogP contribution in [0.5, 0.6) is 17.2 Å². The second-order valence-corrected chi connectivity index (χ2v) is 8.42. The van der Waals surface area contributed by atoms with Crippen molar-refractivity contribution in [1.82, 2.24) is 5.32 Å². The number of carbonyl (C=O) groups is 1. The Morgan fingerprint density at radius 3 is 2.82 bits per heavy atom. The molecule has 0 spiro atoms. The van der Waals surface area contributed by atoms with E-state index in [-0.39, 0.29) is 25.1 Å². The van der Waals surface area contributed by atoms with Crippen LogP contribution in [0.25, 0.3) is 0 Å². The smallest absolute Gasteiger partial charge is 0.251 e. The summed E-state index contributed by atoms with van der Waals surface area (Å²) in [6.07, 6.45) is 0.593. The molecule has 0 atom stereocenters. The Morgan fingerprint density at radius 1 is 1.14 bits per heavy atom. The molecule has 0 bridgehead atoms. The fourth-order valence-corrected chi connectivity index (χ4v) is 4.69. The number of fused-ring (bicyclic) bond motifs is 1. The van der Waals surface area contributed by atoms with Crippen molar-refractivity contribution in [1.29, 1.82) is 0 Å². The first-order valence-electron chi connectivity index (χ1n) is 8.94. The fourth-order valence-electron chi connectivity index (χ4n) is 3.13. The number of nitrogens with one attached hydrogen (secondary N) is 1. The van der Waals surface area contributed by atoms with E-state index in [4.69, 9.17) is 14.2 Å². The summed E-state index contributed by atoms with van der Waals surface area (Å²) in [5.41, 5.74) is 0.921. The van der Waals surface area contributed by atoms with Crippen LogP contribution in [0.2, 0.25) is 0 Å². The number of ether oxygens (including phenoxy) is 3. The quantitative estimate of drug-likeness (QED) is 0.738. The standard InChI is InChI=1S/C19H20N2O6S/c22-19(14-3-1-4-15(11-14)21-8-2-10-28(21,23)24)20-7-9-25-16-5-6-17-18(12-16)27-13-26-17/h1,3-6,11-12H,2,7-10,13H2,(H,20,22). The fraction of sp³-hybridized carbons (Fsp3) is 0.316. The van der Waals surface area contributed by atoms with Crippen molar-refractivity contribution in [3.05, 3.63) is 48.0 Å². The number of sulfonamides is 1. The van der Waals surface area contributed by atoms with E-state index in [2.05, 4.69) is 5.32 Å². The molecule has 1 N–H and O–H groups in total. The molecule has 2 aliphatic rings. The number of anilines is 1. The van der Waals surface area contributed by atoms with E-state index in [1.54, 1.807) is 42.5 Å². The van der Waals surface area contributed by atoms with Crippen LogP contribution < -0.4 is 23.8 Å². The highest BCUT2D eigenvalue weighted by Crippen LogP contribution is 2.35. The summed E-state index contributed by atoms with van der Waals surface area (Å²) in [6.45, 7) is 1.23. The van der Waals surface area contributed by atoms with Gasteiger partial charge < -0.3 is 19.5 Å². The van der Waals surface area contributed by atoms with E-state index >= 15 is 0 Å². The Balaban J connectivity index is 1.31. The summed E-state index contributed by atoms with van der Waals surface area (Å²) in [7, 11) is -3.28. The first kappa shape index (κ1) is 18.4. The number of rotatable bonds is 6. The largest absolute Gasteiger partial charge is 0.492 e. The predicted molar refractivity (Wildman–Crippen MR) is 103 cm³/mol. The van der Waals surface area contributed by atoms with Gasteiger partial charge in [0.25, 0.3) is 5.91 Å². The molecule has 2 aromatic rings.